The number of rotatable bonds is 6. The number of aryl methyl sites for hydroxylation is 1. The second-order valence-corrected chi connectivity index (χ2v) is 5.73. The van der Waals surface area contributed by atoms with Crippen molar-refractivity contribution in [1.82, 2.24) is 4.98 Å². The second kappa shape index (κ2) is 7.86. The Bertz CT molecular complexity index is 852. The number of carbonyl (C=O) groups is 3. The van der Waals surface area contributed by atoms with Crippen molar-refractivity contribution < 1.29 is 28.6 Å². The van der Waals surface area contributed by atoms with Crippen LogP contribution < -0.4 is 4.74 Å². The second-order valence-electron chi connectivity index (χ2n) is 5.73. The minimum Gasteiger partial charge on any atom is -0.496 e. The first-order chi connectivity index (χ1) is 12.3. The molecule has 7 nitrogen and oxygen atoms in total. The van der Waals surface area contributed by atoms with E-state index in [1.807, 2.05) is 0 Å². The number of hydrogen-bond donors (Lipinski definition) is 1. The molecule has 0 aliphatic rings. The van der Waals surface area contributed by atoms with Gasteiger partial charge in [0.15, 0.2) is 6.10 Å². The van der Waals surface area contributed by atoms with Gasteiger partial charge in [-0.05, 0) is 38.5 Å². The Labute approximate surface area is 151 Å². The van der Waals surface area contributed by atoms with E-state index < -0.39 is 23.8 Å². The topological polar surface area (TPSA) is 94.7 Å². The molecule has 0 bridgehead atoms. The van der Waals surface area contributed by atoms with Crippen LogP contribution in [0.25, 0.3) is 0 Å². The van der Waals surface area contributed by atoms with E-state index in [1.54, 1.807) is 38.1 Å². The lowest BCUT2D eigenvalue weighted by molar-refractivity contribution is 0.0314. The molecule has 1 aromatic carbocycles. The molecule has 0 aliphatic heterocycles. The minimum absolute atomic E-state index is 0.211. The van der Waals surface area contributed by atoms with Crippen molar-refractivity contribution in [3.63, 3.8) is 0 Å². The van der Waals surface area contributed by atoms with Gasteiger partial charge >= 0.3 is 11.9 Å². The lowest BCUT2D eigenvalue weighted by atomic mass is 10.1. The van der Waals surface area contributed by atoms with Crippen molar-refractivity contribution in [2.75, 3.05) is 14.2 Å². The SMILES string of the molecule is COC(=O)c1c(C)[nH]c(C(=O)C(C)OC(=O)c2ccccc2OC)c1C. The van der Waals surface area contributed by atoms with Crippen LogP contribution in [0.1, 0.15) is 49.4 Å². The number of aromatic amines is 1. The molecule has 0 aliphatic carbocycles. The van der Waals surface area contributed by atoms with Crippen LogP contribution in [0.5, 0.6) is 5.75 Å². The third kappa shape index (κ3) is 3.61. The molecule has 1 aromatic heterocycles. The predicted octanol–water partition coefficient (Wildman–Crippen LogP) is 2.85. The molecule has 0 amide bonds. The van der Waals surface area contributed by atoms with E-state index in [0.717, 1.165) is 0 Å². The molecule has 138 valence electrons. The fourth-order valence-electron chi connectivity index (χ4n) is 2.70. The van der Waals surface area contributed by atoms with E-state index in [0.29, 0.717) is 22.6 Å². The van der Waals surface area contributed by atoms with Crippen molar-refractivity contribution in [1.29, 1.82) is 0 Å². The molecule has 0 saturated heterocycles. The number of aromatic nitrogens is 1. The number of hydrogen-bond acceptors (Lipinski definition) is 6. The fourth-order valence-corrected chi connectivity index (χ4v) is 2.70. The van der Waals surface area contributed by atoms with Crippen molar-refractivity contribution >= 4 is 17.7 Å². The Kier molecular flexibility index (Phi) is 5.82. The van der Waals surface area contributed by atoms with Gasteiger partial charge in [-0.15, -0.1) is 0 Å². The van der Waals surface area contributed by atoms with E-state index in [4.69, 9.17) is 14.2 Å². The molecule has 7 heteroatoms. The summed E-state index contributed by atoms with van der Waals surface area (Å²) >= 11 is 0. The van der Waals surface area contributed by atoms with Crippen LogP contribution in [0.15, 0.2) is 24.3 Å². The number of ether oxygens (including phenoxy) is 3. The maximum atomic E-state index is 12.7. The zero-order chi connectivity index (χ0) is 19.4. The van der Waals surface area contributed by atoms with Crippen LogP contribution in [0.4, 0.5) is 0 Å². The summed E-state index contributed by atoms with van der Waals surface area (Å²) < 4.78 is 15.1. The Morgan fingerprint density at radius 2 is 1.69 bits per heavy atom. The van der Waals surface area contributed by atoms with Crippen LogP contribution in [0.3, 0.4) is 0 Å². The highest BCUT2D eigenvalue weighted by Crippen LogP contribution is 2.22. The van der Waals surface area contributed by atoms with Gasteiger partial charge in [-0.2, -0.15) is 0 Å². The molecular weight excluding hydrogens is 338 g/mol. The van der Waals surface area contributed by atoms with Crippen LogP contribution in [-0.4, -0.2) is 43.0 Å². The highest BCUT2D eigenvalue weighted by Gasteiger charge is 2.28. The molecule has 1 atom stereocenters. The number of nitrogens with one attached hydrogen (secondary N) is 1. The maximum absolute atomic E-state index is 12.7. The molecule has 2 rings (SSSR count). The van der Waals surface area contributed by atoms with E-state index in [9.17, 15) is 14.4 Å². The molecule has 0 fully saturated rings. The first-order valence-electron chi connectivity index (χ1n) is 7.97. The van der Waals surface area contributed by atoms with Gasteiger partial charge in [0.05, 0.1) is 25.5 Å². The molecule has 1 heterocycles. The fraction of sp³-hybridized carbons (Fsp3) is 0.316. The summed E-state index contributed by atoms with van der Waals surface area (Å²) in [7, 11) is 2.72. The molecule has 26 heavy (non-hydrogen) atoms. The highest BCUT2D eigenvalue weighted by molar-refractivity contribution is 6.04. The van der Waals surface area contributed by atoms with E-state index in [1.165, 1.54) is 21.1 Å². The number of H-pyrrole nitrogens is 1. The van der Waals surface area contributed by atoms with Gasteiger partial charge in [0.2, 0.25) is 5.78 Å². The largest absolute Gasteiger partial charge is 0.496 e. The summed E-state index contributed by atoms with van der Waals surface area (Å²) in [6.45, 7) is 4.78. The molecule has 1 unspecified atom stereocenters. The minimum atomic E-state index is -1.05. The number of para-hydroxylation sites is 1. The third-order valence-corrected chi connectivity index (χ3v) is 4.05. The Morgan fingerprint density at radius 3 is 2.31 bits per heavy atom. The molecule has 1 N–H and O–H groups in total. The van der Waals surface area contributed by atoms with Crippen molar-refractivity contribution in [2.24, 2.45) is 0 Å². The number of methoxy groups -OCH3 is 2. The standard InChI is InChI=1S/C19H21NO6/c1-10-15(19(23)25-5)11(2)20-16(10)17(21)12(3)26-18(22)13-8-6-7-9-14(13)24-4/h6-9,12,20H,1-5H3. The number of ketones is 1. The Morgan fingerprint density at radius 1 is 1.04 bits per heavy atom. The monoisotopic (exact) mass is 359 g/mol. The predicted molar refractivity (Wildman–Crippen MR) is 93.8 cm³/mol. The van der Waals surface area contributed by atoms with Crippen LogP contribution in [0.2, 0.25) is 0 Å². The summed E-state index contributed by atoms with van der Waals surface area (Å²) in [5, 5.41) is 0. The van der Waals surface area contributed by atoms with Crippen LogP contribution in [0, 0.1) is 13.8 Å². The third-order valence-electron chi connectivity index (χ3n) is 4.05. The van der Waals surface area contributed by atoms with Gasteiger partial charge in [0.1, 0.15) is 11.3 Å². The normalized spacial score (nSPS) is 11.6. The molecule has 2 aromatic rings. The zero-order valence-electron chi connectivity index (χ0n) is 15.3. The van der Waals surface area contributed by atoms with Crippen LogP contribution in [-0.2, 0) is 9.47 Å². The van der Waals surface area contributed by atoms with Gasteiger partial charge in [-0.3, -0.25) is 4.79 Å². The van der Waals surface area contributed by atoms with Crippen molar-refractivity contribution in [3.8, 4) is 5.75 Å². The zero-order valence-corrected chi connectivity index (χ0v) is 15.3. The average Bonchev–Trinajstić information content (AvgIpc) is 2.94. The summed E-state index contributed by atoms with van der Waals surface area (Å²) in [6, 6.07) is 6.58. The van der Waals surface area contributed by atoms with E-state index in [-0.39, 0.29) is 11.3 Å². The Balaban J connectivity index is 2.23. The quantitative estimate of drug-likeness (QED) is 0.629. The lowest BCUT2D eigenvalue weighted by Crippen LogP contribution is -2.25. The molecular formula is C19H21NO6. The highest BCUT2D eigenvalue weighted by atomic mass is 16.5. The van der Waals surface area contributed by atoms with Gasteiger partial charge in [0.25, 0.3) is 0 Å². The number of esters is 2. The summed E-state index contributed by atoms with van der Waals surface area (Å²) in [6.07, 6.45) is -1.05. The number of carbonyl (C=O) groups excluding carboxylic acids is 3. The van der Waals surface area contributed by atoms with E-state index >= 15 is 0 Å². The Hall–Kier alpha value is -3.09. The first-order valence-corrected chi connectivity index (χ1v) is 7.97. The van der Waals surface area contributed by atoms with Crippen molar-refractivity contribution in [3.05, 3.63) is 52.3 Å². The van der Waals surface area contributed by atoms with Gasteiger partial charge in [-0.25, -0.2) is 9.59 Å². The lowest BCUT2D eigenvalue weighted by Gasteiger charge is -2.13. The number of Topliss-reactive ketones (excluding diaryl/α,β-unsaturated/α-hetero) is 1. The van der Waals surface area contributed by atoms with Gasteiger partial charge in [0, 0.05) is 5.69 Å². The van der Waals surface area contributed by atoms with E-state index in [2.05, 4.69) is 4.98 Å². The smallest absolute Gasteiger partial charge is 0.342 e. The van der Waals surface area contributed by atoms with Crippen LogP contribution >= 0.6 is 0 Å². The summed E-state index contributed by atoms with van der Waals surface area (Å²) in [5.41, 5.74) is 1.71. The summed E-state index contributed by atoms with van der Waals surface area (Å²) in [4.78, 5) is 39.7. The maximum Gasteiger partial charge on any atom is 0.342 e. The molecule has 0 saturated carbocycles. The first kappa shape index (κ1) is 19.2. The molecule has 0 spiro atoms. The van der Waals surface area contributed by atoms with Crippen molar-refractivity contribution in [2.45, 2.75) is 26.9 Å². The van der Waals surface area contributed by atoms with Gasteiger partial charge < -0.3 is 19.2 Å². The van der Waals surface area contributed by atoms with Gasteiger partial charge in [-0.1, -0.05) is 12.1 Å². The number of benzene rings is 1. The molecule has 0 radical (unpaired) electrons. The average molecular weight is 359 g/mol. The summed E-state index contributed by atoms with van der Waals surface area (Å²) in [5.74, 6) is -1.28.